The lowest BCUT2D eigenvalue weighted by Crippen LogP contribution is -2.40. The molecule has 0 aromatic heterocycles. The highest BCUT2D eigenvalue weighted by Gasteiger charge is 2.25. The van der Waals surface area contributed by atoms with Crippen LogP contribution in [0.2, 0.25) is 0 Å². The Bertz CT molecular complexity index is 639. The van der Waals surface area contributed by atoms with Gasteiger partial charge in [0.05, 0.1) is 12.5 Å². The lowest BCUT2D eigenvalue weighted by molar-refractivity contribution is -0.219. The van der Waals surface area contributed by atoms with E-state index in [1.54, 1.807) is 27.7 Å². The fraction of sp³-hybridized carbons (Fsp3) is 0.550. The van der Waals surface area contributed by atoms with Crippen LogP contribution < -0.4 is 0 Å². The van der Waals surface area contributed by atoms with Crippen molar-refractivity contribution in [2.45, 2.75) is 71.6 Å². The number of hydroxylamine groups is 2. The molecule has 27 heavy (non-hydrogen) atoms. The van der Waals surface area contributed by atoms with Gasteiger partial charge in [0.15, 0.2) is 0 Å². The lowest BCUT2D eigenvalue weighted by Gasteiger charge is -2.30. The molecule has 1 unspecified atom stereocenters. The van der Waals surface area contributed by atoms with Crippen molar-refractivity contribution in [1.82, 2.24) is 5.06 Å². The van der Waals surface area contributed by atoms with E-state index in [4.69, 9.17) is 9.57 Å². The highest BCUT2D eigenvalue weighted by molar-refractivity contribution is 9.10. The van der Waals surface area contributed by atoms with E-state index in [9.17, 15) is 14.4 Å². The number of carbonyl (C=O) groups excluding carboxylic acids is 3. The molecule has 150 valence electrons. The monoisotopic (exact) mass is 441 g/mol. The van der Waals surface area contributed by atoms with Gasteiger partial charge in [0, 0.05) is 17.3 Å². The first-order valence-corrected chi connectivity index (χ1v) is 9.72. The molecule has 0 aliphatic rings. The zero-order valence-electron chi connectivity index (χ0n) is 16.5. The molecule has 0 spiro atoms. The summed E-state index contributed by atoms with van der Waals surface area (Å²) in [7, 11) is 0. The number of halogens is 1. The van der Waals surface area contributed by atoms with Gasteiger partial charge in [-0.3, -0.25) is 14.4 Å². The van der Waals surface area contributed by atoms with Crippen molar-refractivity contribution in [2.75, 3.05) is 0 Å². The van der Waals surface area contributed by atoms with Gasteiger partial charge in [-0.1, -0.05) is 28.1 Å². The minimum atomic E-state index is -0.600. The molecule has 2 atom stereocenters. The Balaban J connectivity index is 2.77. The number of esters is 1. The van der Waals surface area contributed by atoms with Crippen LogP contribution in [-0.2, 0) is 24.0 Å². The molecular formula is C20H28BrNO5. The third kappa shape index (κ3) is 8.67. The van der Waals surface area contributed by atoms with E-state index < -0.39 is 23.7 Å². The van der Waals surface area contributed by atoms with Crippen molar-refractivity contribution in [3.05, 3.63) is 34.3 Å². The average Bonchev–Trinajstić information content (AvgIpc) is 2.56. The largest absolute Gasteiger partial charge is 0.460 e. The molecule has 7 heteroatoms. The Kier molecular flexibility index (Phi) is 9.12. The highest BCUT2D eigenvalue weighted by Crippen LogP contribution is 2.23. The molecule has 1 amide bonds. The van der Waals surface area contributed by atoms with Crippen LogP contribution in [0, 0.1) is 0 Å². The molecule has 0 aliphatic heterocycles. The van der Waals surface area contributed by atoms with E-state index in [0.717, 1.165) is 16.3 Å². The average molecular weight is 442 g/mol. The first-order chi connectivity index (χ1) is 12.5. The summed E-state index contributed by atoms with van der Waals surface area (Å²) in [6.45, 7) is 8.87. The Morgan fingerprint density at radius 1 is 1.15 bits per heavy atom. The summed E-state index contributed by atoms with van der Waals surface area (Å²) >= 11 is 3.38. The summed E-state index contributed by atoms with van der Waals surface area (Å²) in [6.07, 6.45) is 0.400. The second-order valence-corrected chi connectivity index (χ2v) is 8.27. The molecule has 0 bridgehead atoms. The maximum atomic E-state index is 12.6. The van der Waals surface area contributed by atoms with Gasteiger partial charge in [0.2, 0.25) is 5.91 Å². The predicted molar refractivity (Wildman–Crippen MR) is 106 cm³/mol. The summed E-state index contributed by atoms with van der Waals surface area (Å²) < 4.78 is 6.17. The standard InChI is InChI=1S/C20H28BrNO5/c1-14(12-13-23)22(18(24)10-11-19(25)26-20(3,4)5)27-15(2)16-6-8-17(21)9-7-16/h6-9,13-15H,10-12H2,1-5H3/t14?,15-/m1/s1. The SMILES string of the molecule is CC(CC=O)N(O[C@H](C)c1ccc(Br)cc1)C(=O)CCC(=O)OC(C)(C)C. The van der Waals surface area contributed by atoms with Crippen LogP contribution in [0.25, 0.3) is 0 Å². The van der Waals surface area contributed by atoms with Gasteiger partial charge in [-0.25, -0.2) is 5.06 Å². The first kappa shape index (κ1) is 23.3. The van der Waals surface area contributed by atoms with Crippen LogP contribution in [-0.4, -0.2) is 34.9 Å². The smallest absolute Gasteiger partial charge is 0.306 e. The number of amides is 1. The van der Waals surface area contributed by atoms with E-state index in [1.165, 1.54) is 5.06 Å². The number of nitrogens with zero attached hydrogens (tertiary/aromatic N) is 1. The fourth-order valence-corrected chi connectivity index (χ4v) is 2.58. The van der Waals surface area contributed by atoms with Gasteiger partial charge in [-0.2, -0.15) is 0 Å². The molecule has 0 saturated heterocycles. The summed E-state index contributed by atoms with van der Waals surface area (Å²) in [4.78, 5) is 41.2. The minimum Gasteiger partial charge on any atom is -0.460 e. The quantitative estimate of drug-likeness (QED) is 0.323. The van der Waals surface area contributed by atoms with E-state index >= 15 is 0 Å². The van der Waals surface area contributed by atoms with Crippen molar-refractivity contribution in [1.29, 1.82) is 0 Å². The third-order valence-corrected chi connectivity index (χ3v) is 4.19. The first-order valence-electron chi connectivity index (χ1n) is 8.93. The zero-order chi connectivity index (χ0) is 20.6. The molecule has 0 fully saturated rings. The molecule has 1 aromatic carbocycles. The molecule has 0 saturated carbocycles. The molecule has 1 rings (SSSR count). The molecule has 1 aromatic rings. The number of carbonyl (C=O) groups is 3. The van der Waals surface area contributed by atoms with Gasteiger partial charge in [-0.15, -0.1) is 0 Å². The number of rotatable bonds is 9. The topological polar surface area (TPSA) is 72.9 Å². The highest BCUT2D eigenvalue weighted by atomic mass is 79.9. The van der Waals surface area contributed by atoms with E-state index in [0.29, 0.717) is 0 Å². The Hall–Kier alpha value is -1.73. The summed E-state index contributed by atoms with van der Waals surface area (Å²) in [5, 5.41) is 1.20. The number of aldehydes is 1. The molecule has 6 nitrogen and oxygen atoms in total. The number of hydrogen-bond acceptors (Lipinski definition) is 5. The van der Waals surface area contributed by atoms with Crippen molar-refractivity contribution in [3.63, 3.8) is 0 Å². The van der Waals surface area contributed by atoms with Crippen LogP contribution in [0.15, 0.2) is 28.7 Å². The van der Waals surface area contributed by atoms with E-state index in [2.05, 4.69) is 15.9 Å². The molecule has 0 aliphatic carbocycles. The number of benzene rings is 1. The number of ether oxygens (including phenoxy) is 1. The summed E-state index contributed by atoms with van der Waals surface area (Å²) in [6, 6.07) is 7.12. The Labute approximate surface area is 169 Å². The number of hydrogen-bond donors (Lipinski definition) is 0. The Morgan fingerprint density at radius 3 is 2.26 bits per heavy atom. The van der Waals surface area contributed by atoms with Crippen LogP contribution >= 0.6 is 15.9 Å². The summed E-state index contributed by atoms with van der Waals surface area (Å²) in [5.41, 5.74) is 0.290. The van der Waals surface area contributed by atoms with Crippen molar-refractivity contribution in [2.24, 2.45) is 0 Å². The second kappa shape index (κ2) is 10.6. The van der Waals surface area contributed by atoms with E-state index in [1.807, 2.05) is 31.2 Å². The summed E-state index contributed by atoms with van der Waals surface area (Å²) in [5.74, 6) is -0.807. The second-order valence-electron chi connectivity index (χ2n) is 7.36. The van der Waals surface area contributed by atoms with Crippen LogP contribution in [0.3, 0.4) is 0 Å². The predicted octanol–water partition coefficient (Wildman–Crippen LogP) is 4.37. The van der Waals surface area contributed by atoms with Gasteiger partial charge in [0.1, 0.15) is 18.0 Å². The molecule has 0 radical (unpaired) electrons. The van der Waals surface area contributed by atoms with Crippen LogP contribution in [0.5, 0.6) is 0 Å². The van der Waals surface area contributed by atoms with Crippen molar-refractivity contribution < 1.29 is 24.0 Å². The van der Waals surface area contributed by atoms with Crippen molar-refractivity contribution in [3.8, 4) is 0 Å². The molecular weight excluding hydrogens is 414 g/mol. The zero-order valence-corrected chi connectivity index (χ0v) is 18.1. The normalized spacial score (nSPS) is 13.6. The third-order valence-electron chi connectivity index (χ3n) is 3.66. The fourth-order valence-electron chi connectivity index (χ4n) is 2.32. The van der Waals surface area contributed by atoms with E-state index in [-0.39, 0.29) is 25.2 Å². The van der Waals surface area contributed by atoms with Gasteiger partial charge < -0.3 is 9.53 Å². The van der Waals surface area contributed by atoms with Crippen LogP contribution in [0.4, 0.5) is 0 Å². The lowest BCUT2D eigenvalue weighted by atomic mass is 10.1. The van der Waals surface area contributed by atoms with Crippen molar-refractivity contribution >= 4 is 34.1 Å². The van der Waals surface area contributed by atoms with Crippen LogP contribution in [0.1, 0.15) is 65.5 Å². The maximum Gasteiger partial charge on any atom is 0.306 e. The maximum absolute atomic E-state index is 12.6. The van der Waals surface area contributed by atoms with Gasteiger partial charge in [-0.05, 0) is 52.3 Å². The molecule has 0 N–H and O–H groups in total. The minimum absolute atomic E-state index is 0.0452. The Morgan fingerprint density at radius 2 is 1.74 bits per heavy atom. The van der Waals surface area contributed by atoms with Gasteiger partial charge >= 0.3 is 5.97 Å². The van der Waals surface area contributed by atoms with Gasteiger partial charge in [0.25, 0.3) is 0 Å². The molecule has 0 heterocycles.